The van der Waals surface area contributed by atoms with Crippen LogP contribution >= 0.6 is 11.6 Å². The molecule has 2 atom stereocenters. The monoisotopic (exact) mass is 242 g/mol. The molecule has 0 saturated carbocycles. The summed E-state index contributed by atoms with van der Waals surface area (Å²) < 4.78 is 0. The number of hydrogen-bond donors (Lipinski definition) is 3. The number of nitrogens with zero attached hydrogens (tertiary/aromatic N) is 1. The maximum absolute atomic E-state index is 9.49. The van der Waals surface area contributed by atoms with Crippen molar-refractivity contribution in [2.24, 2.45) is 0 Å². The number of aliphatic hydroxyl groups is 2. The van der Waals surface area contributed by atoms with E-state index in [1.165, 1.54) is 0 Å². The number of aliphatic hydroxyl groups excluding tert-OH is 2. The molecule has 1 aliphatic heterocycles. The van der Waals surface area contributed by atoms with Crippen molar-refractivity contribution < 1.29 is 10.2 Å². The molecule has 1 aromatic rings. The molecule has 4 nitrogen and oxygen atoms in total. The van der Waals surface area contributed by atoms with Gasteiger partial charge in [0.15, 0.2) is 0 Å². The Morgan fingerprint density at radius 3 is 2.44 bits per heavy atom. The number of nitrogens with two attached hydrogens (primary N) is 1. The molecule has 0 aromatic heterocycles. The van der Waals surface area contributed by atoms with Gasteiger partial charge in [0.1, 0.15) is 0 Å². The molecule has 1 fully saturated rings. The second kappa shape index (κ2) is 4.13. The highest BCUT2D eigenvalue weighted by molar-refractivity contribution is 6.33. The Labute approximate surface area is 99.2 Å². The lowest BCUT2D eigenvalue weighted by Crippen LogP contribution is -2.22. The van der Waals surface area contributed by atoms with Crippen molar-refractivity contribution in [1.82, 2.24) is 0 Å². The van der Waals surface area contributed by atoms with E-state index in [0.717, 1.165) is 11.3 Å². The average molecular weight is 243 g/mol. The van der Waals surface area contributed by atoms with Crippen LogP contribution in [0.25, 0.3) is 0 Å². The average Bonchev–Trinajstić information content (AvgIpc) is 2.53. The van der Waals surface area contributed by atoms with E-state index in [2.05, 4.69) is 0 Å². The second-order valence-electron chi connectivity index (χ2n) is 4.20. The first-order chi connectivity index (χ1) is 7.49. The minimum Gasteiger partial charge on any atom is -0.398 e. The van der Waals surface area contributed by atoms with Crippen molar-refractivity contribution in [1.29, 1.82) is 0 Å². The summed E-state index contributed by atoms with van der Waals surface area (Å²) in [5.74, 6) is 0. The van der Waals surface area contributed by atoms with Crippen molar-refractivity contribution in [2.75, 3.05) is 23.7 Å². The van der Waals surface area contributed by atoms with Gasteiger partial charge in [-0.05, 0) is 24.6 Å². The predicted molar refractivity (Wildman–Crippen MR) is 64.8 cm³/mol. The highest BCUT2D eigenvalue weighted by Gasteiger charge is 2.30. The Kier molecular flexibility index (Phi) is 2.97. The number of halogens is 1. The van der Waals surface area contributed by atoms with Gasteiger partial charge in [-0.3, -0.25) is 0 Å². The first-order valence-corrected chi connectivity index (χ1v) is 5.53. The minimum atomic E-state index is -0.698. The number of rotatable bonds is 1. The Morgan fingerprint density at radius 2 is 1.88 bits per heavy atom. The lowest BCUT2D eigenvalue weighted by molar-refractivity contribution is 0.0572. The molecule has 16 heavy (non-hydrogen) atoms. The van der Waals surface area contributed by atoms with Gasteiger partial charge in [0.2, 0.25) is 0 Å². The van der Waals surface area contributed by atoms with E-state index >= 15 is 0 Å². The zero-order valence-electron chi connectivity index (χ0n) is 9.02. The SMILES string of the molecule is Cc1cc(N)c(Cl)cc1N1CC(O)C(O)C1. The van der Waals surface area contributed by atoms with Crippen LogP contribution < -0.4 is 10.6 Å². The molecule has 4 N–H and O–H groups in total. The van der Waals surface area contributed by atoms with E-state index in [1.807, 2.05) is 11.8 Å². The fourth-order valence-corrected chi connectivity index (χ4v) is 2.16. The molecule has 0 bridgehead atoms. The van der Waals surface area contributed by atoms with E-state index in [4.69, 9.17) is 17.3 Å². The quantitative estimate of drug-likeness (QED) is 0.637. The Balaban J connectivity index is 2.31. The highest BCUT2D eigenvalue weighted by Crippen LogP contribution is 2.31. The topological polar surface area (TPSA) is 69.7 Å². The first kappa shape index (κ1) is 11.5. The molecule has 0 spiro atoms. The van der Waals surface area contributed by atoms with Gasteiger partial charge in [0.05, 0.1) is 22.9 Å². The maximum atomic E-state index is 9.49. The van der Waals surface area contributed by atoms with Crippen LogP contribution in [0.5, 0.6) is 0 Å². The third-order valence-electron chi connectivity index (χ3n) is 2.91. The zero-order valence-corrected chi connectivity index (χ0v) is 9.78. The number of anilines is 2. The van der Waals surface area contributed by atoms with Crippen LogP contribution in [0, 0.1) is 6.92 Å². The third kappa shape index (κ3) is 1.96. The van der Waals surface area contributed by atoms with E-state index in [0.29, 0.717) is 23.8 Å². The van der Waals surface area contributed by atoms with Crippen LogP contribution in [0.2, 0.25) is 5.02 Å². The van der Waals surface area contributed by atoms with E-state index in [1.54, 1.807) is 12.1 Å². The van der Waals surface area contributed by atoms with Gasteiger partial charge in [-0.1, -0.05) is 11.6 Å². The molecule has 5 heteroatoms. The maximum Gasteiger partial charge on any atom is 0.0990 e. The van der Waals surface area contributed by atoms with Crippen molar-refractivity contribution in [3.05, 3.63) is 22.7 Å². The molecular formula is C11H15ClN2O2. The third-order valence-corrected chi connectivity index (χ3v) is 3.24. The number of aryl methyl sites for hydroxylation is 1. The first-order valence-electron chi connectivity index (χ1n) is 5.15. The lowest BCUT2D eigenvalue weighted by Gasteiger charge is -2.21. The fourth-order valence-electron chi connectivity index (χ4n) is 2.00. The summed E-state index contributed by atoms with van der Waals surface area (Å²) in [5.41, 5.74) is 8.14. The molecular weight excluding hydrogens is 228 g/mol. The molecule has 0 radical (unpaired) electrons. The molecule has 1 heterocycles. The van der Waals surface area contributed by atoms with Crippen molar-refractivity contribution >= 4 is 23.0 Å². The van der Waals surface area contributed by atoms with Crippen molar-refractivity contribution in [3.8, 4) is 0 Å². The number of benzene rings is 1. The van der Waals surface area contributed by atoms with Crippen LogP contribution in [0.1, 0.15) is 5.56 Å². The summed E-state index contributed by atoms with van der Waals surface area (Å²) in [5, 5.41) is 19.5. The van der Waals surface area contributed by atoms with Gasteiger partial charge in [-0.15, -0.1) is 0 Å². The fraction of sp³-hybridized carbons (Fsp3) is 0.455. The normalized spacial score (nSPS) is 25.1. The van der Waals surface area contributed by atoms with E-state index in [-0.39, 0.29) is 0 Å². The van der Waals surface area contributed by atoms with Gasteiger partial charge in [-0.2, -0.15) is 0 Å². The predicted octanol–water partition coefficient (Wildman–Crippen LogP) is 0.772. The summed E-state index contributed by atoms with van der Waals surface area (Å²) in [6.07, 6.45) is -1.40. The number of hydrogen-bond acceptors (Lipinski definition) is 4. The Hall–Kier alpha value is -0.970. The summed E-state index contributed by atoms with van der Waals surface area (Å²) in [4.78, 5) is 1.91. The van der Waals surface area contributed by atoms with Gasteiger partial charge in [-0.25, -0.2) is 0 Å². The molecule has 1 aromatic carbocycles. The number of β-amino-alcohol motifs (C(OH)–C–C–N with tert-alkyl or cyclic N) is 2. The van der Waals surface area contributed by atoms with Crippen LogP contribution in [-0.4, -0.2) is 35.5 Å². The van der Waals surface area contributed by atoms with Crippen LogP contribution in [0.4, 0.5) is 11.4 Å². The molecule has 0 aliphatic carbocycles. The Bertz CT molecular complexity index is 401. The van der Waals surface area contributed by atoms with Gasteiger partial charge in [0.25, 0.3) is 0 Å². The van der Waals surface area contributed by atoms with Crippen molar-refractivity contribution in [3.63, 3.8) is 0 Å². The van der Waals surface area contributed by atoms with E-state index in [9.17, 15) is 10.2 Å². The Morgan fingerprint density at radius 1 is 1.31 bits per heavy atom. The summed E-state index contributed by atoms with van der Waals surface area (Å²) >= 11 is 5.96. The smallest absolute Gasteiger partial charge is 0.0990 e. The van der Waals surface area contributed by atoms with Gasteiger partial charge < -0.3 is 20.8 Å². The number of nitrogen functional groups attached to an aromatic ring is 1. The van der Waals surface area contributed by atoms with Crippen molar-refractivity contribution in [2.45, 2.75) is 19.1 Å². The minimum absolute atomic E-state index is 0.419. The van der Waals surface area contributed by atoms with Gasteiger partial charge in [0, 0.05) is 18.8 Å². The molecule has 0 amide bonds. The largest absolute Gasteiger partial charge is 0.398 e. The standard InChI is InChI=1S/C11H15ClN2O2/c1-6-2-8(13)7(12)3-9(6)14-4-10(15)11(16)5-14/h2-3,10-11,15-16H,4-5,13H2,1H3. The second-order valence-corrected chi connectivity index (χ2v) is 4.61. The van der Waals surface area contributed by atoms with Crippen LogP contribution in [-0.2, 0) is 0 Å². The van der Waals surface area contributed by atoms with Crippen LogP contribution in [0.15, 0.2) is 12.1 Å². The lowest BCUT2D eigenvalue weighted by atomic mass is 10.1. The summed E-state index contributed by atoms with van der Waals surface area (Å²) in [6.45, 7) is 2.77. The summed E-state index contributed by atoms with van der Waals surface area (Å²) in [6, 6.07) is 3.58. The van der Waals surface area contributed by atoms with Gasteiger partial charge >= 0.3 is 0 Å². The molecule has 88 valence electrons. The molecule has 1 aliphatic rings. The van der Waals surface area contributed by atoms with Crippen LogP contribution in [0.3, 0.4) is 0 Å². The zero-order chi connectivity index (χ0) is 11.9. The van der Waals surface area contributed by atoms with E-state index < -0.39 is 12.2 Å². The highest BCUT2D eigenvalue weighted by atomic mass is 35.5. The molecule has 2 rings (SSSR count). The molecule has 1 saturated heterocycles. The summed E-state index contributed by atoms with van der Waals surface area (Å²) in [7, 11) is 0. The molecule has 2 unspecified atom stereocenters.